The van der Waals surface area contributed by atoms with E-state index in [-0.39, 0.29) is 0 Å². The molecule has 2 heterocycles. The summed E-state index contributed by atoms with van der Waals surface area (Å²) in [5, 5.41) is 6.46. The summed E-state index contributed by atoms with van der Waals surface area (Å²) in [6, 6.07) is 15.8. The van der Waals surface area contributed by atoms with Gasteiger partial charge in [-0.3, -0.25) is 4.90 Å². The van der Waals surface area contributed by atoms with Gasteiger partial charge >= 0.3 is 0 Å². The largest absolute Gasteiger partial charge is 0.497 e. The molecule has 2 aromatic heterocycles. The maximum absolute atomic E-state index is 6.23. The molecule has 0 amide bonds. The smallest absolute Gasteiger partial charge is 0.169 e. The molecule has 2 aromatic carbocycles. The van der Waals surface area contributed by atoms with Gasteiger partial charge in [-0.05, 0) is 83.8 Å². The van der Waals surface area contributed by atoms with Crippen molar-refractivity contribution in [2.24, 2.45) is 0 Å². The van der Waals surface area contributed by atoms with Gasteiger partial charge in [-0.25, -0.2) is 4.98 Å². The molecule has 0 aliphatic rings. The standard InChI is InChI=1S/C25H27BrClN3O2/c1-3-12-30(16-19-7-10-24(26)32-19)13-4-11-28-25-20-8-5-17(27)14-23(20)29-22-9-6-18(31-2)15-21(22)25/h5-10,14-15H,3-4,11-13,16H2,1-2H3,(H,28,29). The number of pyridine rings is 1. The minimum absolute atomic E-state index is 0.684. The molecular formula is C25H27BrClN3O2. The second-order valence-corrected chi connectivity index (χ2v) is 9.01. The number of benzene rings is 2. The van der Waals surface area contributed by atoms with E-state index in [1.54, 1.807) is 7.11 Å². The third-order valence-electron chi connectivity index (χ3n) is 5.44. The lowest BCUT2D eigenvalue weighted by molar-refractivity contribution is 0.242. The molecule has 0 aliphatic carbocycles. The average Bonchev–Trinajstić information content (AvgIpc) is 3.20. The van der Waals surface area contributed by atoms with Crippen molar-refractivity contribution >= 4 is 55.0 Å². The van der Waals surface area contributed by atoms with E-state index >= 15 is 0 Å². The van der Waals surface area contributed by atoms with Gasteiger partial charge in [0, 0.05) is 28.9 Å². The van der Waals surface area contributed by atoms with Gasteiger partial charge in [-0.2, -0.15) is 0 Å². The quantitative estimate of drug-likeness (QED) is 0.180. The molecule has 4 aromatic rings. The highest BCUT2D eigenvalue weighted by Gasteiger charge is 2.12. The number of hydrogen-bond donors (Lipinski definition) is 1. The van der Waals surface area contributed by atoms with Crippen molar-refractivity contribution in [3.63, 3.8) is 0 Å². The number of hydrogen-bond acceptors (Lipinski definition) is 5. The van der Waals surface area contributed by atoms with Gasteiger partial charge in [-0.15, -0.1) is 0 Å². The molecule has 1 N–H and O–H groups in total. The molecule has 5 nitrogen and oxygen atoms in total. The Labute approximate surface area is 201 Å². The Hall–Kier alpha value is -2.28. The van der Waals surface area contributed by atoms with Crippen LogP contribution in [0.5, 0.6) is 5.75 Å². The summed E-state index contributed by atoms with van der Waals surface area (Å²) in [7, 11) is 1.68. The Morgan fingerprint density at radius 2 is 1.94 bits per heavy atom. The predicted octanol–water partition coefficient (Wildman–Crippen LogP) is 7.12. The number of halogens is 2. The number of ether oxygens (including phenoxy) is 1. The molecular weight excluding hydrogens is 490 g/mol. The fraction of sp³-hybridized carbons (Fsp3) is 0.320. The Kier molecular flexibility index (Phi) is 7.55. The van der Waals surface area contributed by atoms with Crippen LogP contribution in [0.2, 0.25) is 5.02 Å². The zero-order valence-corrected chi connectivity index (χ0v) is 20.7. The van der Waals surface area contributed by atoms with Crippen LogP contribution < -0.4 is 10.1 Å². The Morgan fingerprint density at radius 1 is 1.06 bits per heavy atom. The van der Waals surface area contributed by atoms with Crippen LogP contribution in [0.15, 0.2) is 57.6 Å². The molecule has 0 unspecified atom stereocenters. The van der Waals surface area contributed by atoms with E-state index in [1.807, 2.05) is 48.5 Å². The summed E-state index contributed by atoms with van der Waals surface area (Å²) < 4.78 is 11.9. The van der Waals surface area contributed by atoms with Crippen molar-refractivity contribution in [1.29, 1.82) is 0 Å². The van der Waals surface area contributed by atoms with E-state index in [0.717, 1.165) is 82.7 Å². The Balaban J connectivity index is 1.52. The molecule has 32 heavy (non-hydrogen) atoms. The van der Waals surface area contributed by atoms with Gasteiger partial charge in [0.25, 0.3) is 0 Å². The molecule has 0 radical (unpaired) electrons. The van der Waals surface area contributed by atoms with Crippen molar-refractivity contribution in [2.75, 3.05) is 32.1 Å². The van der Waals surface area contributed by atoms with Gasteiger partial charge in [0.15, 0.2) is 4.67 Å². The molecule has 0 bridgehead atoms. The Bertz CT molecular complexity index is 1210. The fourth-order valence-electron chi connectivity index (χ4n) is 3.97. The number of methoxy groups -OCH3 is 1. The second kappa shape index (κ2) is 10.6. The van der Waals surface area contributed by atoms with Crippen molar-refractivity contribution in [2.45, 2.75) is 26.3 Å². The minimum Gasteiger partial charge on any atom is -0.497 e. The highest BCUT2D eigenvalue weighted by Crippen LogP contribution is 2.34. The van der Waals surface area contributed by atoms with Crippen LogP contribution in [0.4, 0.5) is 5.69 Å². The van der Waals surface area contributed by atoms with Crippen LogP contribution in [-0.4, -0.2) is 36.6 Å². The first-order valence-electron chi connectivity index (χ1n) is 10.8. The zero-order chi connectivity index (χ0) is 22.5. The van der Waals surface area contributed by atoms with Crippen LogP contribution in [0.25, 0.3) is 21.8 Å². The molecule has 0 fully saturated rings. The summed E-state index contributed by atoms with van der Waals surface area (Å²) in [5.74, 6) is 1.79. The summed E-state index contributed by atoms with van der Waals surface area (Å²) in [5.41, 5.74) is 2.87. The SMILES string of the molecule is CCCN(CCCNc1c2ccc(Cl)cc2nc2ccc(OC)cc12)Cc1ccc(Br)o1. The van der Waals surface area contributed by atoms with Gasteiger partial charge in [0.2, 0.25) is 0 Å². The topological polar surface area (TPSA) is 50.5 Å². The number of nitrogens with one attached hydrogen (secondary N) is 1. The summed E-state index contributed by atoms with van der Waals surface area (Å²) in [4.78, 5) is 7.23. The number of furan rings is 1. The number of nitrogens with zero attached hydrogens (tertiary/aromatic N) is 2. The van der Waals surface area contributed by atoms with Crippen LogP contribution in [-0.2, 0) is 6.54 Å². The normalized spacial score (nSPS) is 11.5. The minimum atomic E-state index is 0.684. The molecule has 0 aliphatic heterocycles. The van der Waals surface area contributed by atoms with Crippen molar-refractivity contribution in [1.82, 2.24) is 9.88 Å². The fourth-order valence-corrected chi connectivity index (χ4v) is 4.48. The molecule has 168 valence electrons. The first kappa shape index (κ1) is 22.9. The summed E-state index contributed by atoms with van der Waals surface area (Å²) in [6.45, 7) is 5.88. The van der Waals surface area contributed by atoms with E-state index in [2.05, 4.69) is 33.1 Å². The third-order valence-corrected chi connectivity index (χ3v) is 6.11. The lowest BCUT2D eigenvalue weighted by Crippen LogP contribution is -2.26. The average molecular weight is 517 g/mol. The van der Waals surface area contributed by atoms with Crippen molar-refractivity contribution in [3.05, 3.63) is 64.0 Å². The number of fused-ring (bicyclic) bond motifs is 2. The highest BCUT2D eigenvalue weighted by atomic mass is 79.9. The van der Waals surface area contributed by atoms with Crippen molar-refractivity contribution < 1.29 is 9.15 Å². The molecule has 7 heteroatoms. The van der Waals surface area contributed by atoms with Gasteiger partial charge in [0.1, 0.15) is 11.5 Å². The Morgan fingerprint density at radius 3 is 2.69 bits per heavy atom. The number of aromatic nitrogens is 1. The monoisotopic (exact) mass is 515 g/mol. The molecule has 0 saturated carbocycles. The van der Waals surface area contributed by atoms with Gasteiger partial charge in [-0.1, -0.05) is 18.5 Å². The van der Waals surface area contributed by atoms with Gasteiger partial charge in [0.05, 0.1) is 30.4 Å². The molecule has 4 rings (SSSR count). The van der Waals surface area contributed by atoms with E-state index in [0.29, 0.717) is 5.02 Å². The number of rotatable bonds is 10. The second-order valence-electron chi connectivity index (χ2n) is 7.79. The predicted molar refractivity (Wildman–Crippen MR) is 136 cm³/mol. The van der Waals surface area contributed by atoms with Crippen LogP contribution in [0.1, 0.15) is 25.5 Å². The first-order valence-corrected chi connectivity index (χ1v) is 12.0. The van der Waals surface area contributed by atoms with Crippen molar-refractivity contribution in [3.8, 4) is 5.75 Å². The lowest BCUT2D eigenvalue weighted by Gasteiger charge is -2.21. The highest BCUT2D eigenvalue weighted by molar-refractivity contribution is 9.10. The third kappa shape index (κ3) is 5.37. The maximum atomic E-state index is 6.23. The molecule has 0 saturated heterocycles. The summed E-state index contributed by atoms with van der Waals surface area (Å²) in [6.07, 6.45) is 2.11. The first-order chi connectivity index (χ1) is 15.6. The zero-order valence-electron chi connectivity index (χ0n) is 18.3. The van der Waals surface area contributed by atoms with E-state index < -0.39 is 0 Å². The van der Waals surface area contributed by atoms with E-state index in [4.69, 9.17) is 25.7 Å². The van der Waals surface area contributed by atoms with E-state index in [9.17, 15) is 0 Å². The number of anilines is 1. The van der Waals surface area contributed by atoms with Crippen LogP contribution in [0.3, 0.4) is 0 Å². The maximum Gasteiger partial charge on any atom is 0.169 e. The van der Waals surface area contributed by atoms with Crippen LogP contribution >= 0.6 is 27.5 Å². The van der Waals surface area contributed by atoms with E-state index in [1.165, 1.54) is 0 Å². The van der Waals surface area contributed by atoms with Crippen LogP contribution in [0, 0.1) is 0 Å². The van der Waals surface area contributed by atoms with Gasteiger partial charge < -0.3 is 14.5 Å². The molecule has 0 spiro atoms. The summed E-state index contributed by atoms with van der Waals surface area (Å²) >= 11 is 9.62. The lowest BCUT2D eigenvalue weighted by atomic mass is 10.1. The molecule has 0 atom stereocenters.